The van der Waals surface area contributed by atoms with E-state index in [-0.39, 0.29) is 0 Å². The Kier molecular flexibility index (Phi) is 13.3. The molecule has 0 aromatic carbocycles. The number of hydrogen-bond acceptors (Lipinski definition) is 3. The fraction of sp³-hybridized carbons (Fsp3) is 0.368. The van der Waals surface area contributed by atoms with Crippen LogP contribution in [0.15, 0.2) is 18.2 Å². The number of hydrogen-bond donors (Lipinski definition) is 0. The van der Waals surface area contributed by atoms with Gasteiger partial charge >= 0.3 is 72.8 Å². The van der Waals surface area contributed by atoms with Crippen molar-refractivity contribution in [2.45, 2.75) is 47.4 Å². The molecule has 3 heterocycles. The molecule has 11 heteroatoms. The summed E-state index contributed by atoms with van der Waals surface area (Å²) in [6.07, 6.45) is 0. The molecule has 0 bridgehead atoms. The van der Waals surface area contributed by atoms with Crippen LogP contribution >= 0.6 is 0 Å². The molecule has 0 fully saturated rings. The zero-order valence-electron chi connectivity index (χ0n) is 18.3. The third-order valence-corrected chi connectivity index (χ3v) is 6.68. The summed E-state index contributed by atoms with van der Waals surface area (Å²) in [6.45, 7) is 21.3. The third-order valence-electron chi connectivity index (χ3n) is 4.20. The summed E-state index contributed by atoms with van der Waals surface area (Å²) in [5.41, 5.74) is 6.40. The summed E-state index contributed by atoms with van der Waals surface area (Å²) in [6, 6.07) is 6.28. The second kappa shape index (κ2) is 14.2. The number of nitrogens with zero attached hydrogens (tertiary/aromatic N) is 6. The van der Waals surface area contributed by atoms with Crippen molar-refractivity contribution in [3.63, 3.8) is 0 Å². The first-order chi connectivity index (χ1) is 14.3. The maximum atomic E-state index is 7.50. The van der Waals surface area contributed by atoms with E-state index >= 15 is 0 Å². The zero-order valence-corrected chi connectivity index (χ0v) is 22.0. The first kappa shape index (κ1) is 28.2. The standard InChI is InChI=1S/C15H22BN6.C2H3Se.2CO.Mo/c1-10-7-13(4)20(17-10)16(21-14(5)8-11(2)18-21)22-15(6)9-12(3)19-22;1-3-2;2*1-2;/h7-9,16H,1-6H3;1H3;;;/q-1;;;;+1. The molecule has 3 aromatic rings. The Morgan fingerprint density at radius 3 is 1.13 bits per heavy atom. The second-order valence-electron chi connectivity index (χ2n) is 6.49. The van der Waals surface area contributed by atoms with E-state index in [1.165, 1.54) is 0 Å². The van der Waals surface area contributed by atoms with Crippen molar-refractivity contribution in [1.29, 1.82) is 0 Å². The van der Waals surface area contributed by atoms with Gasteiger partial charge in [0.25, 0.3) is 0 Å². The van der Waals surface area contributed by atoms with Crippen LogP contribution in [0.2, 0.25) is 5.82 Å². The quantitative estimate of drug-likeness (QED) is 0.281. The van der Waals surface area contributed by atoms with Gasteiger partial charge in [-0.05, 0) is 76.8 Å². The number of aromatic nitrogens is 6. The minimum absolute atomic E-state index is 0.671. The Morgan fingerprint density at radius 1 is 0.767 bits per heavy atom. The van der Waals surface area contributed by atoms with E-state index in [0.717, 1.165) is 34.2 Å². The van der Waals surface area contributed by atoms with Gasteiger partial charge in [-0.2, -0.15) is 0 Å². The molecular formula is C19H25BMoN6O2Se. The van der Waals surface area contributed by atoms with E-state index < -0.39 is 7.12 Å². The van der Waals surface area contributed by atoms with Crippen LogP contribution in [0.25, 0.3) is 0 Å². The van der Waals surface area contributed by atoms with E-state index in [2.05, 4.69) is 75.0 Å². The third kappa shape index (κ3) is 7.45. The molecule has 158 valence electrons. The molecule has 0 aliphatic rings. The average molecular weight is 555 g/mol. The monoisotopic (exact) mass is 558 g/mol. The van der Waals surface area contributed by atoms with E-state index in [4.69, 9.17) is 24.6 Å². The van der Waals surface area contributed by atoms with Gasteiger partial charge in [-0.3, -0.25) is 0 Å². The van der Waals surface area contributed by atoms with Gasteiger partial charge in [0.1, 0.15) is 0 Å². The molecule has 0 saturated heterocycles. The maximum absolute atomic E-state index is 7.50. The zero-order chi connectivity index (χ0) is 23.4. The SMILES string of the molecule is C[Se][C]#[Mo+].Cc1cc(C)n([BH-](n2nc(C)cc2C)n2nc(C)cc2C)n1.[C-]#[O+].[C-]#[O+]. The molecule has 0 atom stereocenters. The molecule has 0 unspecified atom stereocenters. The first-order valence-electron chi connectivity index (χ1n) is 8.85. The van der Waals surface area contributed by atoms with Gasteiger partial charge in [-0.25, -0.2) is 15.3 Å². The summed E-state index contributed by atoms with van der Waals surface area (Å²) in [4.78, 5) is 0. The van der Waals surface area contributed by atoms with Crippen molar-refractivity contribution in [1.82, 2.24) is 29.1 Å². The Balaban J connectivity index is 0.000000924. The molecule has 0 amide bonds. The van der Waals surface area contributed by atoms with Crippen LogP contribution in [0.4, 0.5) is 0 Å². The van der Waals surface area contributed by atoms with Crippen LogP contribution in [0.1, 0.15) is 34.2 Å². The predicted octanol–water partition coefficient (Wildman–Crippen LogP) is 1.92. The Morgan fingerprint density at radius 2 is 1.00 bits per heavy atom. The molecule has 3 aromatic heterocycles. The molecule has 0 N–H and O–H groups in total. The van der Waals surface area contributed by atoms with Crippen molar-refractivity contribution in [3.05, 3.63) is 65.7 Å². The Bertz CT molecular complexity index is 915. The molecule has 0 aliphatic carbocycles. The first-order valence-corrected chi connectivity index (χ1v) is 12.4. The second-order valence-corrected chi connectivity index (χ2v) is 9.83. The fourth-order valence-electron chi connectivity index (χ4n) is 3.26. The summed E-state index contributed by atoms with van der Waals surface area (Å²) < 4.78 is 24.2. The summed E-state index contributed by atoms with van der Waals surface area (Å²) in [5, 5.41) is 14.1. The van der Waals surface area contributed by atoms with Crippen LogP contribution < -0.4 is 0 Å². The normalized spacial score (nSPS) is 9.30. The Labute approximate surface area is 195 Å². The molecule has 30 heavy (non-hydrogen) atoms. The van der Waals surface area contributed by atoms with Crippen LogP contribution in [0.3, 0.4) is 0 Å². The van der Waals surface area contributed by atoms with Crippen molar-refractivity contribution in [2.75, 3.05) is 0 Å². The summed E-state index contributed by atoms with van der Waals surface area (Å²) in [5.74, 6) is 2.13. The number of aryl methyl sites for hydroxylation is 6. The molecule has 0 saturated carbocycles. The van der Waals surface area contributed by atoms with Crippen LogP contribution in [-0.4, -0.2) is 51.1 Å². The van der Waals surface area contributed by atoms with E-state index in [1.54, 1.807) is 0 Å². The van der Waals surface area contributed by atoms with Crippen LogP contribution in [0, 0.1) is 57.9 Å². The fourth-order valence-corrected chi connectivity index (χ4v) is 3.26. The van der Waals surface area contributed by atoms with Gasteiger partial charge < -0.3 is 13.8 Å². The molecule has 0 radical (unpaired) electrons. The average Bonchev–Trinajstić information content (AvgIpc) is 3.36. The van der Waals surface area contributed by atoms with Crippen LogP contribution in [-0.2, 0) is 28.5 Å². The summed E-state index contributed by atoms with van der Waals surface area (Å²) in [7, 11) is -1.26. The topological polar surface area (TPSA) is 93.3 Å². The predicted molar refractivity (Wildman–Crippen MR) is 112 cm³/mol. The van der Waals surface area contributed by atoms with Crippen molar-refractivity contribution >= 4 is 22.1 Å². The van der Waals surface area contributed by atoms with Gasteiger partial charge in [0.05, 0.1) is 17.1 Å². The number of rotatable bonds is 3. The van der Waals surface area contributed by atoms with Crippen LogP contribution in [0.5, 0.6) is 0 Å². The van der Waals surface area contributed by atoms with Gasteiger partial charge in [0, 0.05) is 0 Å². The van der Waals surface area contributed by atoms with Gasteiger partial charge in [0.15, 0.2) is 0 Å². The molecule has 8 nitrogen and oxygen atoms in total. The van der Waals surface area contributed by atoms with Crippen molar-refractivity contribution in [2.24, 2.45) is 0 Å². The van der Waals surface area contributed by atoms with E-state index in [1.807, 2.05) is 39.9 Å². The molecule has 0 spiro atoms. The van der Waals surface area contributed by atoms with E-state index in [0.29, 0.717) is 15.0 Å². The Hall–Kier alpha value is -1.84. The van der Waals surface area contributed by atoms with Crippen molar-refractivity contribution < 1.29 is 28.5 Å². The molecular weight excluding hydrogens is 530 g/mol. The van der Waals surface area contributed by atoms with Crippen molar-refractivity contribution in [3.8, 4) is 3.10 Å². The minimum atomic E-state index is -1.26. The molecule has 3 rings (SSSR count). The van der Waals surface area contributed by atoms with Gasteiger partial charge in [0.2, 0.25) is 0 Å². The van der Waals surface area contributed by atoms with Gasteiger partial charge in [-0.15, -0.1) is 0 Å². The van der Waals surface area contributed by atoms with Gasteiger partial charge in [-0.1, -0.05) is 0 Å². The van der Waals surface area contributed by atoms with E-state index in [9.17, 15) is 0 Å². The molecule has 0 aliphatic heterocycles. The summed E-state index contributed by atoms with van der Waals surface area (Å²) >= 11 is 2.57.